The number of amides is 4. The molecule has 1 atom stereocenters. The summed E-state index contributed by atoms with van der Waals surface area (Å²) >= 11 is 0. The molecule has 0 saturated carbocycles. The molecule has 2 rings (SSSR count). The van der Waals surface area contributed by atoms with Gasteiger partial charge in [-0.2, -0.15) is 0 Å². The lowest BCUT2D eigenvalue weighted by molar-refractivity contribution is -0.127. The van der Waals surface area contributed by atoms with E-state index in [0.29, 0.717) is 11.4 Å². The summed E-state index contributed by atoms with van der Waals surface area (Å²) in [5.74, 6) is -0.200. The van der Waals surface area contributed by atoms with Gasteiger partial charge in [-0.25, -0.2) is 4.79 Å². The van der Waals surface area contributed by atoms with Gasteiger partial charge in [0.25, 0.3) is 0 Å². The highest BCUT2D eigenvalue weighted by atomic mass is 16.3. The Bertz CT molecular complexity index is 701. The second-order valence-electron chi connectivity index (χ2n) is 5.26. The van der Waals surface area contributed by atoms with Crippen LogP contribution >= 0.6 is 0 Å². The second kappa shape index (κ2) is 9.11. The van der Waals surface area contributed by atoms with Crippen molar-refractivity contribution < 1.29 is 18.8 Å². The SMILES string of the molecule is C[C@@H](NC(=O)Nc1ccccc1)C(=O)NCC(=O)NCc1ccco1. The number of carbonyl (C=O) groups is 3. The minimum absolute atomic E-state index is 0.189. The zero-order valence-electron chi connectivity index (χ0n) is 13.7. The van der Waals surface area contributed by atoms with Crippen LogP contribution in [-0.2, 0) is 16.1 Å². The average molecular weight is 344 g/mol. The summed E-state index contributed by atoms with van der Waals surface area (Å²) in [5, 5.41) is 10.2. The number of furan rings is 1. The topological polar surface area (TPSA) is 112 Å². The maximum absolute atomic E-state index is 11.9. The number of hydrogen-bond donors (Lipinski definition) is 4. The van der Waals surface area contributed by atoms with Crippen molar-refractivity contribution in [3.63, 3.8) is 0 Å². The van der Waals surface area contributed by atoms with E-state index in [9.17, 15) is 14.4 Å². The summed E-state index contributed by atoms with van der Waals surface area (Å²) in [6.07, 6.45) is 1.51. The number of para-hydroxylation sites is 1. The van der Waals surface area contributed by atoms with E-state index in [1.807, 2.05) is 6.07 Å². The van der Waals surface area contributed by atoms with Crippen LogP contribution in [-0.4, -0.2) is 30.4 Å². The van der Waals surface area contributed by atoms with Crippen LogP contribution < -0.4 is 21.3 Å². The zero-order valence-corrected chi connectivity index (χ0v) is 13.7. The van der Waals surface area contributed by atoms with Crippen molar-refractivity contribution in [3.05, 3.63) is 54.5 Å². The van der Waals surface area contributed by atoms with E-state index < -0.39 is 18.0 Å². The summed E-state index contributed by atoms with van der Waals surface area (Å²) in [6.45, 7) is 1.58. The first-order valence-electron chi connectivity index (χ1n) is 7.74. The Labute approximate surface area is 145 Å². The molecule has 0 bridgehead atoms. The van der Waals surface area contributed by atoms with E-state index >= 15 is 0 Å². The maximum Gasteiger partial charge on any atom is 0.319 e. The van der Waals surface area contributed by atoms with Crippen LogP contribution in [0.15, 0.2) is 53.1 Å². The molecule has 0 aliphatic heterocycles. The molecule has 0 aliphatic rings. The van der Waals surface area contributed by atoms with Crippen LogP contribution in [0.5, 0.6) is 0 Å². The number of benzene rings is 1. The molecule has 4 amide bonds. The van der Waals surface area contributed by atoms with Crippen LogP contribution in [0.1, 0.15) is 12.7 Å². The lowest BCUT2D eigenvalue weighted by Crippen LogP contribution is -2.48. The van der Waals surface area contributed by atoms with Crippen LogP contribution in [0, 0.1) is 0 Å². The van der Waals surface area contributed by atoms with Gasteiger partial charge in [0.1, 0.15) is 11.8 Å². The molecule has 1 aromatic heterocycles. The Hall–Kier alpha value is -3.29. The van der Waals surface area contributed by atoms with E-state index in [-0.39, 0.29) is 19.0 Å². The van der Waals surface area contributed by atoms with Gasteiger partial charge in [0.05, 0.1) is 19.4 Å². The molecule has 0 fully saturated rings. The summed E-state index contributed by atoms with van der Waals surface area (Å²) in [7, 11) is 0. The minimum Gasteiger partial charge on any atom is -0.467 e. The first kappa shape index (κ1) is 18.1. The molecular formula is C17H20N4O4. The molecule has 0 spiro atoms. The molecule has 8 nitrogen and oxygen atoms in total. The monoisotopic (exact) mass is 344 g/mol. The van der Waals surface area contributed by atoms with Crippen molar-refractivity contribution in [2.24, 2.45) is 0 Å². The Morgan fingerprint density at radius 1 is 1.04 bits per heavy atom. The number of anilines is 1. The standard InChI is InChI=1S/C17H20N4O4/c1-12(20-17(24)21-13-6-3-2-4-7-13)16(23)19-11-15(22)18-10-14-8-5-9-25-14/h2-9,12H,10-11H2,1H3,(H,18,22)(H,19,23)(H2,20,21,24)/t12-/m1/s1. The molecule has 1 heterocycles. The smallest absolute Gasteiger partial charge is 0.319 e. The molecular weight excluding hydrogens is 324 g/mol. The third-order valence-electron chi connectivity index (χ3n) is 3.24. The van der Waals surface area contributed by atoms with Gasteiger partial charge in [0.2, 0.25) is 11.8 Å². The third kappa shape index (κ3) is 6.38. The van der Waals surface area contributed by atoms with Crippen molar-refractivity contribution >= 4 is 23.5 Å². The fraction of sp³-hybridized carbons (Fsp3) is 0.235. The third-order valence-corrected chi connectivity index (χ3v) is 3.24. The van der Waals surface area contributed by atoms with E-state index in [0.717, 1.165) is 0 Å². The lowest BCUT2D eigenvalue weighted by Gasteiger charge is -2.14. The lowest BCUT2D eigenvalue weighted by atomic mass is 10.3. The van der Waals surface area contributed by atoms with Crippen molar-refractivity contribution in [2.75, 3.05) is 11.9 Å². The van der Waals surface area contributed by atoms with Gasteiger partial charge in [-0.15, -0.1) is 0 Å². The van der Waals surface area contributed by atoms with Gasteiger partial charge in [0, 0.05) is 5.69 Å². The highest BCUT2D eigenvalue weighted by molar-refractivity contribution is 5.94. The van der Waals surface area contributed by atoms with Crippen LogP contribution in [0.4, 0.5) is 10.5 Å². The highest BCUT2D eigenvalue weighted by Gasteiger charge is 2.16. The molecule has 0 aliphatic carbocycles. The van der Waals surface area contributed by atoms with Crippen molar-refractivity contribution in [3.8, 4) is 0 Å². The van der Waals surface area contributed by atoms with Gasteiger partial charge in [-0.1, -0.05) is 18.2 Å². The maximum atomic E-state index is 11.9. The minimum atomic E-state index is -0.790. The summed E-state index contributed by atoms with van der Waals surface area (Å²) in [5.41, 5.74) is 0.616. The summed E-state index contributed by atoms with van der Waals surface area (Å²) in [6, 6.07) is 11.0. The van der Waals surface area contributed by atoms with Crippen molar-refractivity contribution in [1.82, 2.24) is 16.0 Å². The van der Waals surface area contributed by atoms with E-state index in [2.05, 4.69) is 21.3 Å². The molecule has 1 aromatic carbocycles. The Morgan fingerprint density at radius 2 is 1.80 bits per heavy atom. The average Bonchev–Trinajstić information content (AvgIpc) is 3.12. The van der Waals surface area contributed by atoms with Crippen molar-refractivity contribution in [1.29, 1.82) is 0 Å². The molecule has 0 unspecified atom stereocenters. The highest BCUT2D eigenvalue weighted by Crippen LogP contribution is 2.04. The second-order valence-corrected chi connectivity index (χ2v) is 5.26. The predicted molar refractivity (Wildman–Crippen MR) is 91.6 cm³/mol. The van der Waals surface area contributed by atoms with Crippen molar-refractivity contribution in [2.45, 2.75) is 19.5 Å². The fourth-order valence-corrected chi connectivity index (χ4v) is 1.93. The predicted octanol–water partition coefficient (Wildman–Crippen LogP) is 1.22. The van der Waals surface area contributed by atoms with E-state index in [1.165, 1.54) is 13.2 Å². The molecule has 0 radical (unpaired) electrons. The zero-order chi connectivity index (χ0) is 18.1. The van der Waals surface area contributed by atoms with Crippen LogP contribution in [0.3, 0.4) is 0 Å². The van der Waals surface area contributed by atoms with Gasteiger partial charge < -0.3 is 25.7 Å². The molecule has 132 valence electrons. The fourth-order valence-electron chi connectivity index (χ4n) is 1.93. The number of nitrogens with one attached hydrogen (secondary N) is 4. The Balaban J connectivity index is 1.67. The van der Waals surface area contributed by atoms with Crippen LogP contribution in [0.2, 0.25) is 0 Å². The van der Waals surface area contributed by atoms with Gasteiger partial charge in [-0.05, 0) is 31.2 Å². The Morgan fingerprint density at radius 3 is 2.48 bits per heavy atom. The Kier molecular flexibility index (Phi) is 6.58. The normalized spacial score (nSPS) is 11.2. The molecule has 25 heavy (non-hydrogen) atoms. The van der Waals surface area contributed by atoms with Crippen LogP contribution in [0.25, 0.3) is 0 Å². The first-order valence-corrected chi connectivity index (χ1v) is 7.74. The first-order chi connectivity index (χ1) is 12.0. The molecule has 8 heteroatoms. The summed E-state index contributed by atoms with van der Waals surface area (Å²) < 4.78 is 5.08. The number of rotatable bonds is 7. The van der Waals surface area contributed by atoms with E-state index in [4.69, 9.17) is 4.42 Å². The molecule has 0 saturated heterocycles. The molecule has 2 aromatic rings. The quantitative estimate of drug-likeness (QED) is 0.605. The van der Waals surface area contributed by atoms with Gasteiger partial charge in [-0.3, -0.25) is 9.59 Å². The summed E-state index contributed by atoms with van der Waals surface area (Å²) in [4.78, 5) is 35.4. The largest absolute Gasteiger partial charge is 0.467 e. The number of carbonyl (C=O) groups excluding carboxylic acids is 3. The number of hydrogen-bond acceptors (Lipinski definition) is 4. The number of urea groups is 1. The van der Waals surface area contributed by atoms with E-state index in [1.54, 1.807) is 36.4 Å². The van der Waals surface area contributed by atoms with Gasteiger partial charge >= 0.3 is 6.03 Å². The van der Waals surface area contributed by atoms with Gasteiger partial charge in [0.15, 0.2) is 0 Å². The molecule has 4 N–H and O–H groups in total.